The Morgan fingerprint density at radius 2 is 1.85 bits per heavy atom. The Balaban J connectivity index is 1.56. The van der Waals surface area contributed by atoms with E-state index in [0.29, 0.717) is 23.2 Å². The summed E-state index contributed by atoms with van der Waals surface area (Å²) in [4.78, 5) is 12.1. The van der Waals surface area contributed by atoms with Gasteiger partial charge in [-0.1, -0.05) is 61.8 Å². The number of hydrogen-bond donors (Lipinski definition) is 1. The minimum Gasteiger partial charge on any atom is -0.320 e. The molecule has 1 aromatic heterocycles. The second kappa shape index (κ2) is 8.69. The maximum atomic E-state index is 12.1. The molecule has 2 aromatic carbocycles. The normalized spacial score (nSPS) is 11.3. The lowest BCUT2D eigenvalue weighted by Gasteiger charge is -2.04. The van der Waals surface area contributed by atoms with Gasteiger partial charge in [0.15, 0.2) is 0 Å². The fraction of sp³-hybridized carbons (Fsp3) is 0.182. The lowest BCUT2D eigenvalue weighted by atomic mass is 10.0. The first kappa shape index (κ1) is 18.9. The van der Waals surface area contributed by atoms with Crippen molar-refractivity contribution in [1.29, 1.82) is 0 Å². The highest BCUT2D eigenvalue weighted by Crippen LogP contribution is 2.15. The van der Waals surface area contributed by atoms with Crippen molar-refractivity contribution in [2.75, 3.05) is 5.32 Å². The van der Waals surface area contributed by atoms with E-state index in [0.717, 1.165) is 11.1 Å². The van der Waals surface area contributed by atoms with E-state index in [4.69, 9.17) is 11.6 Å². The molecule has 0 bridgehead atoms. The molecule has 0 radical (unpaired) electrons. The molecule has 138 valence electrons. The molecule has 0 saturated carbocycles. The fourth-order valence-electron chi connectivity index (χ4n) is 2.64. The number of rotatable bonds is 6. The van der Waals surface area contributed by atoms with Gasteiger partial charge in [0, 0.05) is 17.3 Å². The first-order valence-corrected chi connectivity index (χ1v) is 9.23. The number of carbonyl (C=O) groups is 1. The Kier molecular flexibility index (Phi) is 6.09. The van der Waals surface area contributed by atoms with E-state index in [-0.39, 0.29) is 5.91 Å². The lowest BCUT2D eigenvalue weighted by Crippen LogP contribution is -2.07. The number of hydrogen-bond acceptors (Lipinski definition) is 2. The molecule has 3 rings (SSSR count). The molecule has 3 aromatic rings. The highest BCUT2D eigenvalue weighted by Gasteiger charge is 2.03. The van der Waals surface area contributed by atoms with Crippen molar-refractivity contribution < 1.29 is 4.79 Å². The smallest absolute Gasteiger partial charge is 0.248 e. The zero-order valence-corrected chi connectivity index (χ0v) is 16.1. The van der Waals surface area contributed by atoms with Gasteiger partial charge in [-0.05, 0) is 40.8 Å². The van der Waals surface area contributed by atoms with Gasteiger partial charge in [0.05, 0.1) is 18.4 Å². The Bertz CT molecular complexity index is 925. The number of nitrogens with zero attached hydrogens (tertiary/aromatic N) is 2. The van der Waals surface area contributed by atoms with Gasteiger partial charge in [0.25, 0.3) is 0 Å². The summed E-state index contributed by atoms with van der Waals surface area (Å²) < 4.78 is 1.77. The number of halogens is 1. The van der Waals surface area contributed by atoms with Crippen LogP contribution in [0.1, 0.15) is 36.5 Å². The maximum absolute atomic E-state index is 12.1. The second-order valence-electron chi connectivity index (χ2n) is 6.70. The molecular weight excluding hydrogens is 358 g/mol. The molecule has 0 spiro atoms. The summed E-state index contributed by atoms with van der Waals surface area (Å²) in [6.07, 6.45) is 6.77. The molecule has 1 amide bonds. The third kappa shape index (κ3) is 5.56. The number of anilines is 1. The van der Waals surface area contributed by atoms with Crippen LogP contribution >= 0.6 is 11.6 Å². The van der Waals surface area contributed by atoms with Gasteiger partial charge in [-0.3, -0.25) is 9.48 Å². The summed E-state index contributed by atoms with van der Waals surface area (Å²) in [7, 11) is 0. The molecule has 1 heterocycles. The van der Waals surface area contributed by atoms with Crippen molar-refractivity contribution in [3.05, 3.63) is 88.7 Å². The molecule has 27 heavy (non-hydrogen) atoms. The van der Waals surface area contributed by atoms with E-state index in [1.54, 1.807) is 23.2 Å². The number of amides is 1. The molecule has 0 saturated heterocycles. The molecule has 0 aliphatic rings. The van der Waals surface area contributed by atoms with Crippen LogP contribution in [0.2, 0.25) is 5.02 Å². The highest BCUT2D eigenvalue weighted by molar-refractivity contribution is 6.30. The quantitative estimate of drug-likeness (QED) is 0.586. The van der Waals surface area contributed by atoms with Gasteiger partial charge in [-0.15, -0.1) is 0 Å². The highest BCUT2D eigenvalue weighted by atomic mass is 35.5. The van der Waals surface area contributed by atoms with Crippen LogP contribution in [0.5, 0.6) is 0 Å². The second-order valence-corrected chi connectivity index (χ2v) is 7.13. The lowest BCUT2D eigenvalue weighted by molar-refractivity contribution is -0.111. The Hall–Kier alpha value is -2.85. The molecule has 5 heteroatoms. The topological polar surface area (TPSA) is 46.9 Å². The van der Waals surface area contributed by atoms with Gasteiger partial charge in [0.2, 0.25) is 5.91 Å². The van der Waals surface area contributed by atoms with E-state index in [9.17, 15) is 4.79 Å². The van der Waals surface area contributed by atoms with Crippen molar-refractivity contribution in [3.63, 3.8) is 0 Å². The van der Waals surface area contributed by atoms with Crippen LogP contribution < -0.4 is 5.32 Å². The number of aromatic nitrogens is 2. The van der Waals surface area contributed by atoms with Crippen molar-refractivity contribution >= 4 is 29.3 Å². The van der Waals surface area contributed by atoms with Crippen LogP contribution in [0.3, 0.4) is 0 Å². The number of nitrogens with one attached hydrogen (secondary N) is 1. The van der Waals surface area contributed by atoms with Crippen molar-refractivity contribution in [2.24, 2.45) is 0 Å². The van der Waals surface area contributed by atoms with Gasteiger partial charge in [0.1, 0.15) is 0 Å². The van der Waals surface area contributed by atoms with Crippen LogP contribution in [0.25, 0.3) is 6.08 Å². The van der Waals surface area contributed by atoms with Gasteiger partial charge < -0.3 is 5.32 Å². The predicted molar refractivity (Wildman–Crippen MR) is 111 cm³/mol. The summed E-state index contributed by atoms with van der Waals surface area (Å²) in [6.45, 7) is 4.93. The first-order chi connectivity index (χ1) is 13.0. The molecule has 0 fully saturated rings. The number of carbonyl (C=O) groups excluding carboxylic acids is 1. The minimum absolute atomic E-state index is 0.186. The molecule has 0 unspecified atom stereocenters. The average Bonchev–Trinajstić information content (AvgIpc) is 3.09. The van der Waals surface area contributed by atoms with Crippen LogP contribution in [0, 0.1) is 0 Å². The van der Waals surface area contributed by atoms with Gasteiger partial charge in [-0.2, -0.15) is 5.10 Å². The van der Waals surface area contributed by atoms with Crippen molar-refractivity contribution in [1.82, 2.24) is 9.78 Å². The summed E-state index contributed by atoms with van der Waals surface area (Å²) in [5.74, 6) is 0.310. The summed E-state index contributed by atoms with van der Waals surface area (Å²) >= 11 is 5.90. The Morgan fingerprint density at radius 1 is 1.15 bits per heavy atom. The van der Waals surface area contributed by atoms with Gasteiger partial charge in [-0.25, -0.2) is 0 Å². The summed E-state index contributed by atoms with van der Waals surface area (Å²) in [6, 6.07) is 15.8. The molecule has 1 N–H and O–H groups in total. The summed E-state index contributed by atoms with van der Waals surface area (Å²) in [5.41, 5.74) is 4.02. The maximum Gasteiger partial charge on any atom is 0.248 e. The van der Waals surface area contributed by atoms with Crippen LogP contribution in [0.15, 0.2) is 67.0 Å². The molecule has 0 aliphatic heterocycles. The Labute approximate surface area is 164 Å². The van der Waals surface area contributed by atoms with E-state index < -0.39 is 0 Å². The van der Waals surface area contributed by atoms with Crippen molar-refractivity contribution in [2.45, 2.75) is 26.3 Å². The molecule has 0 atom stereocenters. The van der Waals surface area contributed by atoms with Crippen LogP contribution in [0.4, 0.5) is 5.69 Å². The van der Waals surface area contributed by atoms with E-state index >= 15 is 0 Å². The Morgan fingerprint density at radius 3 is 2.52 bits per heavy atom. The third-order valence-electron chi connectivity index (χ3n) is 4.19. The SMILES string of the molecule is CC(C)c1ccc(/C=C/C(=O)Nc2cnn(Cc3ccc(Cl)cc3)c2)cc1. The first-order valence-electron chi connectivity index (χ1n) is 8.85. The van der Waals surface area contributed by atoms with E-state index in [2.05, 4.69) is 36.4 Å². The monoisotopic (exact) mass is 379 g/mol. The van der Waals surface area contributed by atoms with Gasteiger partial charge >= 0.3 is 0 Å². The zero-order valence-electron chi connectivity index (χ0n) is 15.4. The van der Waals surface area contributed by atoms with Crippen LogP contribution in [-0.2, 0) is 11.3 Å². The molecule has 4 nitrogen and oxygen atoms in total. The largest absolute Gasteiger partial charge is 0.320 e. The molecular formula is C22H22ClN3O. The van der Waals surface area contributed by atoms with E-state index in [1.165, 1.54) is 11.6 Å². The minimum atomic E-state index is -0.186. The average molecular weight is 380 g/mol. The third-order valence-corrected chi connectivity index (χ3v) is 4.44. The predicted octanol–water partition coefficient (Wildman–Crippen LogP) is 5.36. The fourth-order valence-corrected chi connectivity index (χ4v) is 2.77. The summed E-state index contributed by atoms with van der Waals surface area (Å²) in [5, 5.41) is 7.81. The number of benzene rings is 2. The molecule has 0 aliphatic carbocycles. The van der Waals surface area contributed by atoms with E-state index in [1.807, 2.05) is 36.4 Å². The van der Waals surface area contributed by atoms with Crippen molar-refractivity contribution in [3.8, 4) is 0 Å². The zero-order chi connectivity index (χ0) is 19.2. The van der Waals surface area contributed by atoms with Crippen LogP contribution in [-0.4, -0.2) is 15.7 Å². The standard InChI is InChI=1S/C22H22ClN3O/c1-16(2)19-8-3-17(4-9-19)7-12-22(27)25-21-13-24-26(15-21)14-18-5-10-20(23)11-6-18/h3-13,15-16H,14H2,1-2H3,(H,25,27)/b12-7+.